The molecule has 1 unspecified atom stereocenters. The normalized spacial score (nSPS) is 12.3. The summed E-state index contributed by atoms with van der Waals surface area (Å²) >= 11 is 3.05. The Bertz CT molecular complexity index is 858. The van der Waals surface area contributed by atoms with Crippen LogP contribution in [0.25, 0.3) is 0 Å². The molecule has 3 rings (SSSR count). The number of nitrogens with one attached hydrogen (secondary N) is 2. The Kier molecular flexibility index (Phi) is 6.11. The number of amides is 1. The molecule has 0 saturated carbocycles. The van der Waals surface area contributed by atoms with Crippen LogP contribution in [0.15, 0.2) is 46.9 Å². The maximum Gasteiger partial charge on any atom is 0.237 e. The van der Waals surface area contributed by atoms with Gasteiger partial charge in [0.1, 0.15) is 5.82 Å². The third kappa shape index (κ3) is 4.74. The average molecular weight is 387 g/mol. The van der Waals surface area contributed by atoms with E-state index in [1.807, 2.05) is 42.6 Å². The number of rotatable bonds is 7. The standard InChI is InChI=1S/C19H22N4OS2/c1-12(2)15-8-4-5-9-16(15)20-18(24)13(3)26-19-21-17(22-23-19)11-14-7-6-10-25-14/h4-10,12-13H,11H2,1-3H3,(H,20,24)(H,21,22,23). The van der Waals surface area contributed by atoms with E-state index in [-0.39, 0.29) is 11.2 Å². The molecule has 0 saturated heterocycles. The van der Waals surface area contributed by atoms with Crippen LogP contribution in [0.2, 0.25) is 0 Å². The first-order valence-electron chi connectivity index (χ1n) is 8.53. The van der Waals surface area contributed by atoms with E-state index in [1.54, 1.807) is 11.3 Å². The van der Waals surface area contributed by atoms with Crippen LogP contribution in [0.4, 0.5) is 5.69 Å². The van der Waals surface area contributed by atoms with Crippen molar-refractivity contribution in [3.8, 4) is 0 Å². The van der Waals surface area contributed by atoms with Crippen molar-refractivity contribution < 1.29 is 4.79 Å². The SMILES string of the molecule is CC(Sc1n[nH]c(Cc2cccs2)n1)C(=O)Nc1ccccc1C(C)C. The topological polar surface area (TPSA) is 70.7 Å². The Morgan fingerprint density at radius 3 is 2.77 bits per heavy atom. The number of H-pyrrole nitrogens is 1. The van der Waals surface area contributed by atoms with Crippen molar-refractivity contribution in [2.75, 3.05) is 5.32 Å². The minimum Gasteiger partial charge on any atom is -0.325 e. The van der Waals surface area contributed by atoms with Crippen LogP contribution < -0.4 is 5.32 Å². The van der Waals surface area contributed by atoms with Gasteiger partial charge in [-0.15, -0.1) is 16.4 Å². The van der Waals surface area contributed by atoms with Crippen LogP contribution in [0, 0.1) is 0 Å². The number of thioether (sulfide) groups is 1. The molecule has 0 bridgehead atoms. The van der Waals surface area contributed by atoms with Crippen molar-refractivity contribution in [2.24, 2.45) is 0 Å². The molecule has 2 aromatic heterocycles. The second-order valence-electron chi connectivity index (χ2n) is 6.31. The highest BCUT2D eigenvalue weighted by Gasteiger charge is 2.19. The van der Waals surface area contributed by atoms with Crippen LogP contribution in [0.1, 0.15) is 43.0 Å². The monoisotopic (exact) mass is 386 g/mol. The zero-order chi connectivity index (χ0) is 18.5. The number of anilines is 1. The number of hydrogen-bond donors (Lipinski definition) is 2. The second kappa shape index (κ2) is 8.51. The van der Waals surface area contributed by atoms with Crippen molar-refractivity contribution in [2.45, 2.75) is 43.5 Å². The van der Waals surface area contributed by atoms with Crippen LogP contribution in [0.3, 0.4) is 0 Å². The van der Waals surface area contributed by atoms with Gasteiger partial charge in [0, 0.05) is 17.0 Å². The van der Waals surface area contributed by atoms with Gasteiger partial charge in [-0.05, 0) is 35.9 Å². The number of carbonyl (C=O) groups is 1. The van der Waals surface area contributed by atoms with E-state index >= 15 is 0 Å². The van der Waals surface area contributed by atoms with Gasteiger partial charge in [0.25, 0.3) is 0 Å². The second-order valence-corrected chi connectivity index (χ2v) is 8.65. The number of aromatic nitrogens is 3. The van der Waals surface area contributed by atoms with E-state index < -0.39 is 0 Å². The van der Waals surface area contributed by atoms with Crippen molar-refractivity contribution >= 4 is 34.7 Å². The van der Waals surface area contributed by atoms with Gasteiger partial charge >= 0.3 is 0 Å². The lowest BCUT2D eigenvalue weighted by atomic mass is 10.0. The van der Waals surface area contributed by atoms with Gasteiger partial charge in [-0.3, -0.25) is 9.89 Å². The van der Waals surface area contributed by atoms with E-state index in [1.165, 1.54) is 16.6 Å². The molecule has 0 aliphatic rings. The highest BCUT2D eigenvalue weighted by Crippen LogP contribution is 2.26. The molecule has 0 radical (unpaired) electrons. The van der Waals surface area contributed by atoms with Gasteiger partial charge < -0.3 is 5.32 Å². The number of benzene rings is 1. The number of para-hydroxylation sites is 1. The summed E-state index contributed by atoms with van der Waals surface area (Å²) in [5.41, 5.74) is 2.00. The largest absolute Gasteiger partial charge is 0.325 e. The first-order valence-corrected chi connectivity index (χ1v) is 10.3. The molecule has 1 amide bonds. The minimum absolute atomic E-state index is 0.0484. The lowest BCUT2D eigenvalue weighted by Gasteiger charge is -2.15. The highest BCUT2D eigenvalue weighted by molar-refractivity contribution is 8.00. The molecule has 7 heteroatoms. The van der Waals surface area contributed by atoms with E-state index in [0.29, 0.717) is 11.1 Å². The van der Waals surface area contributed by atoms with Gasteiger partial charge in [-0.25, -0.2) is 4.98 Å². The molecule has 136 valence electrons. The van der Waals surface area contributed by atoms with Gasteiger partial charge in [-0.1, -0.05) is 49.9 Å². The summed E-state index contributed by atoms with van der Waals surface area (Å²) in [4.78, 5) is 18.3. The van der Waals surface area contributed by atoms with Crippen molar-refractivity contribution in [1.29, 1.82) is 0 Å². The molecular formula is C19H22N4OS2. The third-order valence-electron chi connectivity index (χ3n) is 3.93. The summed E-state index contributed by atoms with van der Waals surface area (Å²) in [6.07, 6.45) is 0.730. The smallest absolute Gasteiger partial charge is 0.237 e. The summed E-state index contributed by atoms with van der Waals surface area (Å²) in [5.74, 6) is 1.11. The van der Waals surface area contributed by atoms with Gasteiger partial charge in [-0.2, -0.15) is 0 Å². The fourth-order valence-corrected chi connectivity index (χ4v) is 4.00. The Labute approximate surface area is 161 Å². The van der Waals surface area contributed by atoms with Crippen molar-refractivity contribution in [3.05, 3.63) is 58.0 Å². The summed E-state index contributed by atoms with van der Waals surface area (Å²) in [6.45, 7) is 6.10. The summed E-state index contributed by atoms with van der Waals surface area (Å²) in [6, 6.07) is 12.0. The predicted octanol–water partition coefficient (Wildman–Crippen LogP) is 4.70. The number of carbonyl (C=O) groups excluding carboxylic acids is 1. The lowest BCUT2D eigenvalue weighted by Crippen LogP contribution is -2.23. The van der Waals surface area contributed by atoms with Gasteiger partial charge in [0.05, 0.1) is 5.25 Å². The third-order valence-corrected chi connectivity index (χ3v) is 5.76. The Balaban J connectivity index is 1.60. The van der Waals surface area contributed by atoms with Crippen LogP contribution in [-0.2, 0) is 11.2 Å². The molecule has 2 N–H and O–H groups in total. The molecule has 0 spiro atoms. The average Bonchev–Trinajstić information content (AvgIpc) is 3.27. The summed E-state index contributed by atoms with van der Waals surface area (Å²) in [5, 5.41) is 12.6. The predicted molar refractivity (Wildman–Crippen MR) is 108 cm³/mol. The first-order chi connectivity index (χ1) is 12.5. The van der Waals surface area contributed by atoms with E-state index in [2.05, 4.69) is 40.4 Å². The molecule has 1 aromatic carbocycles. The van der Waals surface area contributed by atoms with E-state index in [0.717, 1.165) is 23.5 Å². The van der Waals surface area contributed by atoms with Gasteiger partial charge in [0.2, 0.25) is 11.1 Å². The molecule has 0 aliphatic heterocycles. The van der Waals surface area contributed by atoms with Gasteiger partial charge in [0.15, 0.2) is 0 Å². The first kappa shape index (κ1) is 18.7. The Morgan fingerprint density at radius 1 is 1.23 bits per heavy atom. The summed E-state index contributed by atoms with van der Waals surface area (Å²) in [7, 11) is 0. The molecule has 26 heavy (non-hydrogen) atoms. The lowest BCUT2D eigenvalue weighted by molar-refractivity contribution is -0.115. The Hall–Kier alpha value is -2.12. The zero-order valence-corrected chi connectivity index (χ0v) is 16.7. The fraction of sp³-hybridized carbons (Fsp3) is 0.316. The highest BCUT2D eigenvalue weighted by atomic mass is 32.2. The molecule has 2 heterocycles. The number of thiophene rings is 1. The molecule has 0 fully saturated rings. The molecule has 0 aliphatic carbocycles. The quantitative estimate of drug-likeness (QED) is 0.578. The molecule has 5 nitrogen and oxygen atoms in total. The van der Waals surface area contributed by atoms with Crippen LogP contribution >= 0.6 is 23.1 Å². The van der Waals surface area contributed by atoms with Crippen molar-refractivity contribution in [3.63, 3.8) is 0 Å². The maximum absolute atomic E-state index is 12.6. The number of hydrogen-bond acceptors (Lipinski definition) is 5. The summed E-state index contributed by atoms with van der Waals surface area (Å²) < 4.78 is 0. The molecule has 3 aromatic rings. The maximum atomic E-state index is 12.6. The van der Waals surface area contributed by atoms with Crippen LogP contribution in [-0.4, -0.2) is 26.3 Å². The minimum atomic E-state index is -0.291. The fourth-order valence-electron chi connectivity index (χ4n) is 2.55. The van der Waals surface area contributed by atoms with E-state index in [4.69, 9.17) is 0 Å². The van der Waals surface area contributed by atoms with Crippen LogP contribution in [0.5, 0.6) is 0 Å². The number of aromatic amines is 1. The zero-order valence-electron chi connectivity index (χ0n) is 15.0. The van der Waals surface area contributed by atoms with Crippen molar-refractivity contribution in [1.82, 2.24) is 15.2 Å². The Morgan fingerprint density at radius 2 is 2.04 bits per heavy atom. The van der Waals surface area contributed by atoms with E-state index in [9.17, 15) is 4.79 Å². The number of nitrogens with zero attached hydrogens (tertiary/aromatic N) is 2. The molecule has 1 atom stereocenters. The molecular weight excluding hydrogens is 364 g/mol.